The molecule has 1 aromatic rings. The Balaban J connectivity index is 1.97. The Morgan fingerprint density at radius 1 is 1.64 bits per heavy atom. The maximum Gasteiger partial charge on any atom is 0.318 e. The number of nitrogens with one attached hydrogen (secondary N) is 2. The summed E-state index contributed by atoms with van der Waals surface area (Å²) in [6.45, 7) is 4.50. The first-order valence-electron chi connectivity index (χ1n) is 4.81. The van der Waals surface area contributed by atoms with Crippen LogP contribution in [-0.4, -0.2) is 35.7 Å². The molecule has 0 spiro atoms. The van der Waals surface area contributed by atoms with Crippen LogP contribution in [0.3, 0.4) is 0 Å². The first kappa shape index (κ1) is 9.21. The van der Waals surface area contributed by atoms with Crippen molar-refractivity contribution in [3.05, 3.63) is 12.3 Å². The van der Waals surface area contributed by atoms with Gasteiger partial charge in [-0.2, -0.15) is 4.98 Å². The number of nitrogens with zero attached hydrogens (tertiary/aromatic N) is 2. The van der Waals surface area contributed by atoms with Gasteiger partial charge in [-0.25, -0.2) is 4.98 Å². The molecular formula is C9H14N4O. The van der Waals surface area contributed by atoms with E-state index in [2.05, 4.69) is 20.6 Å². The van der Waals surface area contributed by atoms with E-state index in [1.165, 1.54) is 0 Å². The number of hydrogen-bond acceptors (Lipinski definition) is 5. The van der Waals surface area contributed by atoms with E-state index in [1.54, 1.807) is 6.20 Å². The Morgan fingerprint density at radius 3 is 3.14 bits per heavy atom. The van der Waals surface area contributed by atoms with Gasteiger partial charge in [0.25, 0.3) is 0 Å². The molecule has 0 aliphatic carbocycles. The quantitative estimate of drug-likeness (QED) is 0.720. The molecule has 1 aliphatic rings. The van der Waals surface area contributed by atoms with Crippen molar-refractivity contribution >= 4 is 5.82 Å². The van der Waals surface area contributed by atoms with Crippen molar-refractivity contribution in [1.82, 2.24) is 15.3 Å². The van der Waals surface area contributed by atoms with Crippen LogP contribution in [0.1, 0.15) is 6.92 Å². The van der Waals surface area contributed by atoms with Gasteiger partial charge in [-0.1, -0.05) is 0 Å². The van der Waals surface area contributed by atoms with Crippen molar-refractivity contribution in [2.45, 2.75) is 13.0 Å². The Labute approximate surface area is 82.9 Å². The summed E-state index contributed by atoms with van der Waals surface area (Å²) in [5.74, 6) is 0.829. The van der Waals surface area contributed by atoms with Crippen molar-refractivity contribution in [3.8, 4) is 6.01 Å². The lowest BCUT2D eigenvalue weighted by Crippen LogP contribution is -2.51. The van der Waals surface area contributed by atoms with Crippen molar-refractivity contribution < 1.29 is 4.74 Å². The van der Waals surface area contributed by atoms with E-state index in [-0.39, 0.29) is 0 Å². The van der Waals surface area contributed by atoms with Gasteiger partial charge in [0.1, 0.15) is 5.82 Å². The minimum atomic E-state index is 0.435. The van der Waals surface area contributed by atoms with Crippen LogP contribution in [0.2, 0.25) is 0 Å². The summed E-state index contributed by atoms with van der Waals surface area (Å²) in [4.78, 5) is 8.20. The molecule has 1 fully saturated rings. The first-order chi connectivity index (χ1) is 6.88. The van der Waals surface area contributed by atoms with Gasteiger partial charge in [0.05, 0.1) is 12.6 Å². The molecule has 2 heterocycles. The van der Waals surface area contributed by atoms with Crippen LogP contribution in [0.5, 0.6) is 6.01 Å². The topological polar surface area (TPSA) is 59.1 Å². The molecule has 2 N–H and O–H groups in total. The van der Waals surface area contributed by atoms with Crippen LogP contribution in [0, 0.1) is 0 Å². The average Bonchev–Trinajstić information content (AvgIpc) is 2.13. The lowest BCUT2D eigenvalue weighted by atomic mass is 10.2. The van der Waals surface area contributed by atoms with E-state index in [4.69, 9.17) is 4.74 Å². The lowest BCUT2D eigenvalue weighted by Gasteiger charge is -2.28. The second-order valence-electron chi connectivity index (χ2n) is 3.16. The molecule has 14 heavy (non-hydrogen) atoms. The van der Waals surface area contributed by atoms with Gasteiger partial charge in [-0.05, 0) is 13.0 Å². The molecule has 0 atom stereocenters. The number of ether oxygens (including phenoxy) is 1. The monoisotopic (exact) mass is 194 g/mol. The van der Waals surface area contributed by atoms with E-state index >= 15 is 0 Å². The summed E-state index contributed by atoms with van der Waals surface area (Å²) < 4.78 is 5.20. The zero-order chi connectivity index (χ0) is 9.80. The van der Waals surface area contributed by atoms with Crippen LogP contribution in [0.15, 0.2) is 12.3 Å². The SMILES string of the molecule is CCOc1nccc(NC2CNC2)n1. The third-order valence-electron chi connectivity index (χ3n) is 2.04. The van der Waals surface area contributed by atoms with Gasteiger partial charge in [-0.3, -0.25) is 0 Å². The maximum absolute atomic E-state index is 5.20. The summed E-state index contributed by atoms with van der Waals surface area (Å²) in [6, 6.07) is 2.77. The van der Waals surface area contributed by atoms with E-state index in [0.29, 0.717) is 18.7 Å². The van der Waals surface area contributed by atoms with Crippen LogP contribution in [0.4, 0.5) is 5.82 Å². The molecule has 76 valence electrons. The summed E-state index contributed by atoms with van der Waals surface area (Å²) >= 11 is 0. The van der Waals surface area contributed by atoms with Gasteiger partial charge in [0, 0.05) is 19.3 Å². The van der Waals surface area contributed by atoms with Crippen LogP contribution >= 0.6 is 0 Å². The molecule has 5 nitrogen and oxygen atoms in total. The average molecular weight is 194 g/mol. The van der Waals surface area contributed by atoms with Crippen LogP contribution in [-0.2, 0) is 0 Å². The lowest BCUT2D eigenvalue weighted by molar-refractivity contribution is 0.312. The van der Waals surface area contributed by atoms with Crippen LogP contribution < -0.4 is 15.4 Å². The highest BCUT2D eigenvalue weighted by Crippen LogP contribution is 2.09. The molecular weight excluding hydrogens is 180 g/mol. The maximum atomic E-state index is 5.20. The fourth-order valence-electron chi connectivity index (χ4n) is 1.22. The van der Waals surface area contributed by atoms with Gasteiger partial charge in [-0.15, -0.1) is 0 Å². The Bertz CT molecular complexity index is 301. The minimum absolute atomic E-state index is 0.435. The molecule has 0 bridgehead atoms. The second kappa shape index (κ2) is 4.23. The fourth-order valence-corrected chi connectivity index (χ4v) is 1.22. The van der Waals surface area contributed by atoms with Gasteiger partial charge >= 0.3 is 6.01 Å². The second-order valence-corrected chi connectivity index (χ2v) is 3.16. The predicted molar refractivity (Wildman–Crippen MR) is 53.5 cm³/mol. The van der Waals surface area contributed by atoms with E-state index < -0.39 is 0 Å². The molecule has 0 saturated carbocycles. The Hall–Kier alpha value is -1.36. The number of anilines is 1. The zero-order valence-corrected chi connectivity index (χ0v) is 8.16. The van der Waals surface area contributed by atoms with Gasteiger partial charge < -0.3 is 15.4 Å². The number of rotatable bonds is 4. The third-order valence-corrected chi connectivity index (χ3v) is 2.04. The fraction of sp³-hybridized carbons (Fsp3) is 0.556. The molecule has 0 aromatic carbocycles. The van der Waals surface area contributed by atoms with E-state index in [1.807, 2.05) is 13.0 Å². The summed E-state index contributed by atoms with van der Waals surface area (Å²) in [5.41, 5.74) is 0. The summed E-state index contributed by atoms with van der Waals surface area (Å²) in [5, 5.41) is 6.47. The van der Waals surface area contributed by atoms with Gasteiger partial charge in [0.15, 0.2) is 0 Å². The highest BCUT2D eigenvalue weighted by atomic mass is 16.5. The highest BCUT2D eigenvalue weighted by molar-refractivity contribution is 5.36. The summed E-state index contributed by atoms with van der Waals surface area (Å²) in [6.07, 6.45) is 1.70. The van der Waals surface area contributed by atoms with Crippen molar-refractivity contribution in [2.75, 3.05) is 25.0 Å². The predicted octanol–water partition coefficient (Wildman–Crippen LogP) is 0.259. The first-order valence-corrected chi connectivity index (χ1v) is 4.81. The van der Waals surface area contributed by atoms with Crippen molar-refractivity contribution in [3.63, 3.8) is 0 Å². The van der Waals surface area contributed by atoms with E-state index in [9.17, 15) is 0 Å². The zero-order valence-electron chi connectivity index (χ0n) is 8.16. The molecule has 1 aliphatic heterocycles. The van der Waals surface area contributed by atoms with Crippen molar-refractivity contribution in [2.24, 2.45) is 0 Å². The molecule has 0 amide bonds. The Morgan fingerprint density at radius 2 is 2.50 bits per heavy atom. The number of aromatic nitrogens is 2. The largest absolute Gasteiger partial charge is 0.464 e. The standard InChI is InChI=1S/C9H14N4O/c1-2-14-9-11-4-3-8(13-9)12-7-5-10-6-7/h3-4,7,10H,2,5-6H2,1H3,(H,11,12,13). The molecule has 2 rings (SSSR count). The molecule has 5 heteroatoms. The normalized spacial score (nSPS) is 16.1. The van der Waals surface area contributed by atoms with Crippen LogP contribution in [0.25, 0.3) is 0 Å². The highest BCUT2D eigenvalue weighted by Gasteiger charge is 2.16. The number of hydrogen-bond donors (Lipinski definition) is 2. The van der Waals surface area contributed by atoms with E-state index in [0.717, 1.165) is 18.9 Å². The third kappa shape index (κ3) is 2.11. The summed E-state index contributed by atoms with van der Waals surface area (Å²) in [7, 11) is 0. The molecule has 0 radical (unpaired) electrons. The Kier molecular flexibility index (Phi) is 2.78. The van der Waals surface area contributed by atoms with Crippen molar-refractivity contribution in [1.29, 1.82) is 0 Å². The molecule has 1 aromatic heterocycles. The van der Waals surface area contributed by atoms with Gasteiger partial charge in [0.2, 0.25) is 0 Å². The minimum Gasteiger partial charge on any atom is -0.464 e. The smallest absolute Gasteiger partial charge is 0.318 e. The molecule has 1 saturated heterocycles. The molecule has 0 unspecified atom stereocenters.